The van der Waals surface area contributed by atoms with Crippen LogP contribution in [0.2, 0.25) is 0 Å². The smallest absolute Gasteiger partial charge is 0.261 e. The zero-order valence-electron chi connectivity index (χ0n) is 79.6. The van der Waals surface area contributed by atoms with Crippen molar-refractivity contribution in [2.45, 2.75) is 81.2 Å². The van der Waals surface area contributed by atoms with E-state index in [9.17, 15) is 50.5 Å². The normalized spacial score (nSPS) is 14.8. The summed E-state index contributed by atoms with van der Waals surface area (Å²) >= 11 is 11.4. The maximum absolute atomic E-state index is 13.5. The van der Waals surface area contributed by atoms with E-state index in [2.05, 4.69) is 147 Å². The molecule has 0 amide bonds. The van der Waals surface area contributed by atoms with Crippen LogP contribution in [0.15, 0.2) is 312 Å². The van der Waals surface area contributed by atoms with Gasteiger partial charge in [-0.05, 0) is 244 Å². The molecule has 15 aromatic rings. The van der Waals surface area contributed by atoms with Crippen LogP contribution in [-0.4, -0.2) is 228 Å². The van der Waals surface area contributed by atoms with Crippen molar-refractivity contribution < 1.29 is 55.2 Å². The van der Waals surface area contributed by atoms with Gasteiger partial charge in [0.15, 0.2) is 10.5 Å². The van der Waals surface area contributed by atoms with Gasteiger partial charge in [-0.25, -0.2) is 65.5 Å². The number of piperazine rings is 3. The number of fused-ring (bicyclic) bond motifs is 4. The first-order valence-electron chi connectivity index (χ1n) is 45.9. The van der Waals surface area contributed by atoms with Gasteiger partial charge in [-0.15, -0.1) is 11.8 Å². The number of anilines is 12. The molecule has 0 unspecified atom stereocenters. The van der Waals surface area contributed by atoms with E-state index in [4.69, 9.17) is 32.0 Å². The Bertz CT molecular complexity index is 7790. The van der Waals surface area contributed by atoms with Gasteiger partial charge in [-0.3, -0.25) is 14.2 Å². The molecule has 0 bridgehead atoms. The number of ether oxygens (including phenoxy) is 1. The third-order valence-electron chi connectivity index (χ3n) is 24.4. The van der Waals surface area contributed by atoms with Crippen LogP contribution in [0.25, 0.3) is 27.5 Å². The van der Waals surface area contributed by atoms with Gasteiger partial charge in [-0.2, -0.15) is 9.61 Å². The number of aryl methyl sites for hydroxylation is 1. The lowest BCUT2D eigenvalue weighted by Gasteiger charge is -2.35. The summed E-state index contributed by atoms with van der Waals surface area (Å²) in [5.41, 5.74) is 26.2. The minimum Gasteiger partial charge on any atom is -0.495 e. The highest BCUT2D eigenvalue weighted by Gasteiger charge is 2.35. The molecule has 4 fully saturated rings. The van der Waals surface area contributed by atoms with Crippen molar-refractivity contribution in [3.63, 3.8) is 0 Å². The average molecular weight is 2280 g/mol. The largest absolute Gasteiger partial charge is 0.495 e. The minimum absolute atomic E-state index is 0.144. The molecule has 35 nitrogen and oxygen atoms in total. The molecule has 0 atom stereocenters. The van der Waals surface area contributed by atoms with Gasteiger partial charge in [0, 0.05) is 184 Å². The Labute approximate surface area is 868 Å². The van der Waals surface area contributed by atoms with Gasteiger partial charge in [-0.1, -0.05) is 80.4 Å². The monoisotopic (exact) mass is 2280 g/mol. The fourth-order valence-corrected chi connectivity index (χ4v) is 26.4. The second-order valence-corrected chi connectivity index (χ2v) is 48.4. The number of rotatable bonds is 23. The lowest BCUT2D eigenvalue weighted by molar-refractivity contribution is 0.311. The molecule has 1 aliphatic carbocycles. The van der Waals surface area contributed by atoms with Crippen LogP contribution < -0.4 is 71.7 Å². The highest BCUT2D eigenvalue weighted by Crippen LogP contribution is 2.42. The Balaban J connectivity index is 0.000000131. The fourth-order valence-electron chi connectivity index (χ4n) is 16.8. The predicted octanol–water partition coefficient (Wildman–Crippen LogP) is 15.7. The van der Waals surface area contributed by atoms with Crippen molar-refractivity contribution >= 4 is 215 Å². The molecule has 10 heterocycles. The molecule has 4 aliphatic heterocycles. The zero-order valence-corrected chi connectivity index (χ0v) is 90.0. The van der Waals surface area contributed by atoms with Crippen LogP contribution in [0.5, 0.6) is 5.75 Å². The van der Waals surface area contributed by atoms with Crippen LogP contribution in [-0.2, 0) is 72.4 Å². The molecular formula is C99H111Br3N22O13S7. The number of nitrogens with one attached hydrogen (secondary N) is 8. The van der Waals surface area contributed by atoms with Crippen molar-refractivity contribution in [1.29, 1.82) is 0 Å². The van der Waals surface area contributed by atoms with Crippen molar-refractivity contribution in [2.75, 3.05) is 195 Å². The Kier molecular flexibility index (Phi) is 34.2. The van der Waals surface area contributed by atoms with E-state index in [1.54, 1.807) is 184 Å². The highest BCUT2D eigenvalue weighted by molar-refractivity contribution is 9.11. The average Bonchev–Trinajstić information content (AvgIpc) is 1.57. The SMILES string of the molecule is CN1CCN(c2cccc3c(S(=O)(=O)c4ccccc4)c[nH]c23)CC1.CNc1cc(NS(=O)(=O)c2ccc(N)cc2)cc(NC)n1.COc1ccc(NS(=O)(=O)c2ccc(Br)cc2)cc1N1CCN(C)CC1.CSc1nn2c(N3CCNCC3)c3c(nc2c1S(=O)(=O)c1ccccc1)CCC3.Nc1ccc(S(=O)(=O)Nc2cc(Br)cc3[nH]ccc23)cc1.Nc1ccc(S(=O)(=O)c2cc(Br)nc(N3CCCC3)c2)cc1. The summed E-state index contributed by atoms with van der Waals surface area (Å²) in [4.78, 5) is 35.4. The maximum atomic E-state index is 13.5. The number of sulfone groups is 3. The molecule has 14 N–H and O–H groups in total. The van der Waals surface area contributed by atoms with E-state index in [1.165, 1.54) is 59.8 Å². The number of halogens is 3. The molecule has 4 saturated heterocycles. The van der Waals surface area contributed by atoms with E-state index in [-0.39, 0.29) is 34.3 Å². The second kappa shape index (κ2) is 46.4. The van der Waals surface area contributed by atoms with Crippen LogP contribution in [0.3, 0.4) is 0 Å². The topological polar surface area (TPSA) is 471 Å². The number of likely N-dealkylation sites (N-methyl/N-ethyl adjacent to an activating group) is 2. The number of aromatic nitrogens is 7. The molecule has 144 heavy (non-hydrogen) atoms. The van der Waals surface area contributed by atoms with Gasteiger partial charge in [0.25, 0.3) is 30.1 Å². The Hall–Kier alpha value is -12.3. The van der Waals surface area contributed by atoms with E-state index >= 15 is 0 Å². The number of methoxy groups -OCH3 is 1. The van der Waals surface area contributed by atoms with Gasteiger partial charge in [0.1, 0.15) is 38.7 Å². The van der Waals surface area contributed by atoms with Crippen molar-refractivity contribution in [3.05, 3.63) is 274 Å². The molecule has 758 valence electrons. The van der Waals surface area contributed by atoms with Gasteiger partial charge in [0.2, 0.25) is 29.5 Å². The third kappa shape index (κ3) is 25.3. The van der Waals surface area contributed by atoms with Gasteiger partial charge < -0.3 is 77.3 Å². The van der Waals surface area contributed by atoms with Crippen molar-refractivity contribution in [2.24, 2.45) is 0 Å². The maximum Gasteiger partial charge on any atom is 0.261 e. The first-order valence-corrected chi connectivity index (χ1v) is 58.4. The Morgan fingerprint density at radius 3 is 1.52 bits per heavy atom. The van der Waals surface area contributed by atoms with E-state index in [1.807, 2.05) is 48.7 Å². The summed E-state index contributed by atoms with van der Waals surface area (Å²) < 4.78 is 170. The molecule has 0 saturated carbocycles. The molecule has 9 aromatic carbocycles. The molecular weight excluding hydrogens is 2170 g/mol. The summed E-state index contributed by atoms with van der Waals surface area (Å²) in [6.45, 7) is 12.9. The number of nitrogens with zero attached hydrogens (tertiary/aromatic N) is 11. The van der Waals surface area contributed by atoms with E-state index in [0.29, 0.717) is 76.6 Å². The molecule has 0 radical (unpaired) electrons. The number of hydrogen-bond donors (Lipinski definition) is 11. The Morgan fingerprint density at radius 2 is 0.965 bits per heavy atom. The summed E-state index contributed by atoms with van der Waals surface area (Å²) in [6, 6.07) is 65.0. The number of sulfonamides is 3. The number of benzene rings is 9. The second-order valence-electron chi connectivity index (χ2n) is 34.2. The van der Waals surface area contributed by atoms with E-state index in [0.717, 1.165) is 183 Å². The number of H-pyrrole nitrogens is 2. The van der Waals surface area contributed by atoms with Crippen LogP contribution in [0, 0.1) is 0 Å². The minimum atomic E-state index is -3.73. The summed E-state index contributed by atoms with van der Waals surface area (Å²) in [7, 11) is -12.6. The van der Waals surface area contributed by atoms with Crippen molar-refractivity contribution in [1.82, 2.24) is 49.7 Å². The molecule has 45 heteroatoms. The number of thioether (sulfide) groups is 1. The summed E-state index contributed by atoms with van der Waals surface area (Å²) in [6.07, 6.45) is 10.4. The van der Waals surface area contributed by atoms with Crippen LogP contribution in [0.4, 0.5) is 68.8 Å². The number of nitrogen functional groups attached to an aromatic ring is 3. The molecule has 0 spiro atoms. The fraction of sp³-hybridized carbons (Fsp3) is 0.253. The van der Waals surface area contributed by atoms with Gasteiger partial charge >= 0.3 is 0 Å². The predicted molar refractivity (Wildman–Crippen MR) is 584 cm³/mol. The zero-order chi connectivity index (χ0) is 102. The summed E-state index contributed by atoms with van der Waals surface area (Å²) in [5, 5.41) is 15.9. The third-order valence-corrected chi connectivity index (χ3v) is 36.1. The number of pyridine rings is 2. The lowest BCUT2D eigenvalue weighted by atomic mass is 10.2. The number of para-hydroxylation sites is 1. The van der Waals surface area contributed by atoms with Crippen LogP contribution in [0.1, 0.15) is 30.5 Å². The molecule has 5 aliphatic rings. The number of aromatic amines is 2. The van der Waals surface area contributed by atoms with Crippen LogP contribution >= 0.6 is 59.6 Å². The number of hydrogen-bond acceptors (Lipinski definition) is 30. The van der Waals surface area contributed by atoms with Crippen molar-refractivity contribution in [3.8, 4) is 5.75 Å². The first kappa shape index (κ1) is 106. The van der Waals surface area contributed by atoms with E-state index < -0.39 is 59.6 Å². The quantitative estimate of drug-likeness (QED) is 0.0161. The Morgan fingerprint density at radius 1 is 0.438 bits per heavy atom. The number of nitrogens with two attached hydrogens (primary N) is 3. The summed E-state index contributed by atoms with van der Waals surface area (Å²) in [5.74, 6) is 3.56. The molecule has 6 aromatic heterocycles. The first-order chi connectivity index (χ1) is 68.9. The van der Waals surface area contributed by atoms with Gasteiger partial charge in [0.05, 0.1) is 80.2 Å². The standard InChI is InChI=1S/C20H23N5O2S2.C19H21N3O2S.C18H22BrN3O3S.C15H16BrN3O2S.C14H12BrN3O2S.C13H17N5O2S/c1-28-19-17(29(26,27)14-6-3-2-4-7-14)18-22-16-9-5-8-15(16)20(25(18)23-19)24-12-10-21-11-13-24;1-21-10-12-22(13-11-21)17-9-5-8-16-18(14-20-19(16)17)25(23,24)15-6-3-2-4-7-15;1-21-9-11-22(12-10-21)17-13-15(5-8-18(17)25-2)20-26(23,24)16-6-3-14(19)4-7-16;16-14-9-13(10-15(18-14)19-7-1-2-8-19)22(20,21)12-5-3-11(17)4-6-12;15-9-7-13-12(5-6-17-13)14(8-9)18-21(19,20)11-3-1-10(16)2-4-11;1-15-12-7-10(8-13(16-2)17-12)18-21(19,20)11-5-3-9(14)4-6-11/h2-4,6-7,21H,5,8-13H2,1H3;2-9,14,20H,10-13H2,1H3;3-8,13,20H,9-12H2,1-2H3;3-6,9-10H,1-2,7-8,17H2;1-8,17-18H,16H2;3-8H,14H2,1-2H3,(H3,15,16,17,18). The molecule has 20 rings (SSSR count). The highest BCUT2D eigenvalue weighted by atomic mass is 79.9. The lowest BCUT2D eigenvalue weighted by Crippen LogP contribution is -2.44.